The zero-order valence-electron chi connectivity index (χ0n) is 10.0. The Morgan fingerprint density at radius 1 is 1.32 bits per heavy atom. The fourth-order valence-corrected chi connectivity index (χ4v) is 2.50. The summed E-state index contributed by atoms with van der Waals surface area (Å²) >= 11 is 5.54. The number of carboxylic acid groups (broad SMARTS) is 1. The molecular weight excluding hydrogens is 273 g/mol. The molecule has 0 radical (unpaired) electrons. The van der Waals surface area contributed by atoms with Gasteiger partial charge in [-0.15, -0.1) is 0 Å². The van der Waals surface area contributed by atoms with E-state index in [1.54, 1.807) is 0 Å². The number of aliphatic carboxylic acids is 1. The largest absolute Gasteiger partial charge is 0.481 e. The number of rotatable bonds is 3. The molecule has 1 fully saturated rings. The Kier molecular flexibility index (Phi) is 4.04. The lowest BCUT2D eigenvalue weighted by atomic mass is 9.95. The number of hydrogen-bond donors (Lipinski definition) is 2. The summed E-state index contributed by atoms with van der Waals surface area (Å²) in [4.78, 5) is 23.0. The molecule has 2 rings (SSSR count). The molecule has 1 aromatic rings. The molecule has 0 spiro atoms. The summed E-state index contributed by atoms with van der Waals surface area (Å²) in [6.45, 7) is 0. The van der Waals surface area contributed by atoms with Gasteiger partial charge >= 0.3 is 5.97 Å². The highest BCUT2D eigenvalue weighted by Gasteiger charge is 2.37. The predicted octanol–water partition coefficient (Wildman–Crippen LogP) is 2.92. The topological polar surface area (TPSA) is 66.4 Å². The number of hydrogen-bond acceptors (Lipinski definition) is 2. The first-order valence-electron chi connectivity index (χ1n) is 5.98. The van der Waals surface area contributed by atoms with Gasteiger partial charge in [-0.1, -0.05) is 18.0 Å². The van der Waals surface area contributed by atoms with E-state index >= 15 is 0 Å². The highest BCUT2D eigenvalue weighted by atomic mass is 35.5. The van der Waals surface area contributed by atoms with Crippen LogP contribution in [0.1, 0.15) is 19.3 Å². The zero-order valence-corrected chi connectivity index (χ0v) is 10.8. The molecule has 2 unspecified atom stereocenters. The van der Waals surface area contributed by atoms with Crippen molar-refractivity contribution < 1.29 is 19.1 Å². The molecule has 2 atom stereocenters. The lowest BCUT2D eigenvalue weighted by molar-refractivity contribution is -0.145. The second kappa shape index (κ2) is 5.57. The van der Waals surface area contributed by atoms with Crippen LogP contribution < -0.4 is 5.32 Å². The molecular formula is C13H13ClFNO3. The summed E-state index contributed by atoms with van der Waals surface area (Å²) in [7, 11) is 0. The number of carbonyl (C=O) groups is 2. The van der Waals surface area contributed by atoms with Crippen LogP contribution in [0.4, 0.5) is 10.1 Å². The zero-order chi connectivity index (χ0) is 14.0. The van der Waals surface area contributed by atoms with Gasteiger partial charge in [0.2, 0.25) is 5.91 Å². The number of benzene rings is 1. The van der Waals surface area contributed by atoms with Crippen molar-refractivity contribution in [1.82, 2.24) is 0 Å². The van der Waals surface area contributed by atoms with E-state index in [-0.39, 0.29) is 16.6 Å². The fraction of sp³-hybridized carbons (Fsp3) is 0.385. The monoisotopic (exact) mass is 285 g/mol. The first-order chi connectivity index (χ1) is 8.99. The van der Waals surface area contributed by atoms with E-state index in [0.29, 0.717) is 19.3 Å². The third-order valence-electron chi connectivity index (χ3n) is 3.36. The summed E-state index contributed by atoms with van der Waals surface area (Å²) in [5.74, 6) is -3.18. The summed E-state index contributed by atoms with van der Waals surface area (Å²) < 4.78 is 13.2. The van der Waals surface area contributed by atoms with Crippen molar-refractivity contribution in [3.05, 3.63) is 29.0 Å². The average Bonchev–Trinajstić information content (AvgIpc) is 2.83. The Labute approximate surface area is 114 Å². The fourth-order valence-electron chi connectivity index (χ4n) is 2.38. The Balaban J connectivity index is 2.08. The molecule has 0 heterocycles. The van der Waals surface area contributed by atoms with Gasteiger partial charge in [0.05, 0.1) is 16.9 Å². The van der Waals surface area contributed by atoms with Gasteiger partial charge in [0.15, 0.2) is 0 Å². The van der Waals surface area contributed by atoms with E-state index in [9.17, 15) is 14.0 Å². The molecule has 1 amide bonds. The minimum absolute atomic E-state index is 0.0257. The molecule has 4 nitrogen and oxygen atoms in total. The summed E-state index contributed by atoms with van der Waals surface area (Å²) in [5, 5.41) is 11.5. The smallest absolute Gasteiger partial charge is 0.307 e. The van der Waals surface area contributed by atoms with E-state index in [1.165, 1.54) is 12.1 Å². The number of amides is 1. The molecule has 0 aromatic heterocycles. The first-order valence-corrected chi connectivity index (χ1v) is 6.35. The Hall–Kier alpha value is -1.62. The minimum Gasteiger partial charge on any atom is -0.481 e. The van der Waals surface area contributed by atoms with Crippen molar-refractivity contribution in [3.63, 3.8) is 0 Å². The molecule has 1 aliphatic carbocycles. The SMILES string of the molecule is O=C(O)C1CCCC1C(=O)Nc1ccc(Cl)c(F)c1. The highest BCUT2D eigenvalue weighted by molar-refractivity contribution is 6.30. The van der Waals surface area contributed by atoms with Crippen molar-refractivity contribution in [2.45, 2.75) is 19.3 Å². The summed E-state index contributed by atoms with van der Waals surface area (Å²) in [6, 6.07) is 3.94. The van der Waals surface area contributed by atoms with Crippen molar-refractivity contribution in [2.24, 2.45) is 11.8 Å². The van der Waals surface area contributed by atoms with Gasteiger partial charge in [-0.25, -0.2) is 4.39 Å². The van der Waals surface area contributed by atoms with Gasteiger partial charge in [-0.3, -0.25) is 9.59 Å². The Morgan fingerprint density at radius 3 is 2.63 bits per heavy atom. The number of carboxylic acids is 1. The van der Waals surface area contributed by atoms with E-state index in [2.05, 4.69) is 5.32 Å². The van der Waals surface area contributed by atoms with Gasteiger partial charge in [-0.05, 0) is 31.0 Å². The van der Waals surface area contributed by atoms with Gasteiger partial charge in [0, 0.05) is 5.69 Å². The van der Waals surface area contributed by atoms with Crippen LogP contribution >= 0.6 is 11.6 Å². The second-order valence-corrected chi connectivity index (χ2v) is 5.01. The van der Waals surface area contributed by atoms with Crippen LogP contribution in [0, 0.1) is 17.7 Å². The van der Waals surface area contributed by atoms with Crippen LogP contribution in [0.2, 0.25) is 5.02 Å². The number of anilines is 1. The van der Waals surface area contributed by atoms with E-state index in [1.807, 2.05) is 0 Å². The van der Waals surface area contributed by atoms with Crippen LogP contribution in [0.15, 0.2) is 18.2 Å². The molecule has 6 heteroatoms. The van der Waals surface area contributed by atoms with Crippen molar-refractivity contribution in [3.8, 4) is 0 Å². The standard InChI is InChI=1S/C13H13ClFNO3/c14-10-5-4-7(6-11(10)15)16-12(17)8-2-1-3-9(8)13(18)19/h4-6,8-9H,1-3H2,(H,16,17)(H,18,19). The Bertz CT molecular complexity index is 521. The number of halogens is 2. The second-order valence-electron chi connectivity index (χ2n) is 4.60. The molecule has 0 aliphatic heterocycles. The van der Waals surface area contributed by atoms with Gasteiger partial charge < -0.3 is 10.4 Å². The maximum absolute atomic E-state index is 13.2. The van der Waals surface area contributed by atoms with E-state index in [4.69, 9.17) is 16.7 Å². The maximum atomic E-state index is 13.2. The van der Waals surface area contributed by atoms with Crippen LogP contribution in [0.5, 0.6) is 0 Å². The molecule has 1 aromatic carbocycles. The van der Waals surface area contributed by atoms with Crippen LogP contribution in [0.3, 0.4) is 0 Å². The molecule has 2 N–H and O–H groups in total. The quantitative estimate of drug-likeness (QED) is 0.897. The van der Waals surface area contributed by atoms with Crippen molar-refractivity contribution >= 4 is 29.2 Å². The highest BCUT2D eigenvalue weighted by Crippen LogP contribution is 2.33. The molecule has 19 heavy (non-hydrogen) atoms. The molecule has 0 saturated heterocycles. The molecule has 102 valence electrons. The van der Waals surface area contributed by atoms with Crippen molar-refractivity contribution in [1.29, 1.82) is 0 Å². The number of nitrogens with one attached hydrogen (secondary N) is 1. The summed E-state index contributed by atoms with van der Waals surface area (Å²) in [5.41, 5.74) is 0.280. The lowest BCUT2D eigenvalue weighted by Gasteiger charge is -2.15. The third kappa shape index (κ3) is 3.04. The normalized spacial score (nSPS) is 22.2. The van der Waals surface area contributed by atoms with Crippen LogP contribution in [0.25, 0.3) is 0 Å². The third-order valence-corrected chi connectivity index (χ3v) is 3.66. The van der Waals surface area contributed by atoms with Gasteiger partial charge in [-0.2, -0.15) is 0 Å². The van der Waals surface area contributed by atoms with Gasteiger partial charge in [0.25, 0.3) is 0 Å². The predicted molar refractivity (Wildman–Crippen MR) is 68.5 cm³/mol. The Morgan fingerprint density at radius 2 is 2.00 bits per heavy atom. The van der Waals surface area contributed by atoms with Crippen LogP contribution in [-0.4, -0.2) is 17.0 Å². The van der Waals surface area contributed by atoms with Gasteiger partial charge in [0.1, 0.15) is 5.82 Å². The molecule has 1 aliphatic rings. The molecule has 0 bridgehead atoms. The maximum Gasteiger partial charge on any atom is 0.307 e. The van der Waals surface area contributed by atoms with E-state index < -0.39 is 23.6 Å². The first kappa shape index (κ1) is 13.8. The average molecular weight is 286 g/mol. The summed E-state index contributed by atoms with van der Waals surface area (Å²) in [6.07, 6.45) is 1.76. The molecule has 1 saturated carbocycles. The van der Waals surface area contributed by atoms with E-state index in [0.717, 1.165) is 6.07 Å². The number of carbonyl (C=O) groups excluding carboxylic acids is 1. The van der Waals surface area contributed by atoms with Crippen molar-refractivity contribution in [2.75, 3.05) is 5.32 Å². The van der Waals surface area contributed by atoms with Crippen LogP contribution in [-0.2, 0) is 9.59 Å². The lowest BCUT2D eigenvalue weighted by Crippen LogP contribution is -2.30. The minimum atomic E-state index is -0.958.